The summed E-state index contributed by atoms with van der Waals surface area (Å²) in [7, 11) is 0. The van der Waals surface area contributed by atoms with Crippen molar-refractivity contribution in [1.29, 1.82) is 0 Å². The van der Waals surface area contributed by atoms with Crippen LogP contribution >= 0.6 is 27.3 Å². The van der Waals surface area contributed by atoms with E-state index in [9.17, 15) is 0 Å². The minimum atomic E-state index is 0.876. The van der Waals surface area contributed by atoms with Crippen LogP contribution in [0.3, 0.4) is 0 Å². The van der Waals surface area contributed by atoms with E-state index in [2.05, 4.69) is 30.9 Å². The van der Waals surface area contributed by atoms with Gasteiger partial charge < -0.3 is 0 Å². The molecule has 3 nitrogen and oxygen atoms in total. The highest BCUT2D eigenvalue weighted by Crippen LogP contribution is 2.36. The highest BCUT2D eigenvalue weighted by Gasteiger charge is 2.12. The van der Waals surface area contributed by atoms with E-state index >= 15 is 0 Å². The van der Waals surface area contributed by atoms with Crippen LogP contribution in [0.1, 0.15) is 0 Å². The zero-order valence-electron chi connectivity index (χ0n) is 9.25. The van der Waals surface area contributed by atoms with Gasteiger partial charge in [-0.3, -0.25) is 9.97 Å². The summed E-state index contributed by atoms with van der Waals surface area (Å²) in [5, 5.41) is 0.963. The fraction of sp³-hybridized carbons (Fsp3) is 0. The summed E-state index contributed by atoms with van der Waals surface area (Å²) in [5.41, 5.74) is 2.83. The third-order valence-electron chi connectivity index (χ3n) is 2.42. The molecule has 5 heteroatoms. The van der Waals surface area contributed by atoms with Crippen LogP contribution in [0.2, 0.25) is 0 Å². The molecule has 0 aromatic carbocycles. The summed E-state index contributed by atoms with van der Waals surface area (Å²) in [4.78, 5) is 13.0. The van der Waals surface area contributed by atoms with E-state index in [0.717, 1.165) is 25.7 Å². The SMILES string of the molecule is Brc1sc(-c2ccncc2)nc1-c1ccccn1. The average molecular weight is 318 g/mol. The summed E-state index contributed by atoms with van der Waals surface area (Å²) in [5.74, 6) is 0. The lowest BCUT2D eigenvalue weighted by molar-refractivity contribution is 1.27. The second-order valence-electron chi connectivity index (χ2n) is 3.59. The van der Waals surface area contributed by atoms with Gasteiger partial charge >= 0.3 is 0 Å². The predicted molar refractivity (Wildman–Crippen MR) is 76.3 cm³/mol. The standard InChI is InChI=1S/C13H8BrN3S/c14-12-11(10-3-1-2-6-16-10)17-13(18-12)9-4-7-15-8-5-9/h1-8H. The van der Waals surface area contributed by atoms with Crippen LogP contribution in [-0.4, -0.2) is 15.0 Å². The molecule has 0 saturated carbocycles. The van der Waals surface area contributed by atoms with Crippen molar-refractivity contribution in [3.63, 3.8) is 0 Å². The van der Waals surface area contributed by atoms with Crippen molar-refractivity contribution in [2.75, 3.05) is 0 Å². The first-order chi connectivity index (χ1) is 8.84. The monoisotopic (exact) mass is 317 g/mol. The Balaban J connectivity index is 2.07. The molecular formula is C13H8BrN3S. The molecule has 3 aromatic rings. The van der Waals surface area contributed by atoms with E-state index in [1.54, 1.807) is 29.9 Å². The summed E-state index contributed by atoms with van der Waals surface area (Å²) in [6.07, 6.45) is 5.31. The number of aromatic nitrogens is 3. The molecule has 0 radical (unpaired) electrons. The minimum absolute atomic E-state index is 0.876. The van der Waals surface area contributed by atoms with Crippen LogP contribution in [0.25, 0.3) is 22.0 Å². The molecule has 3 rings (SSSR count). The van der Waals surface area contributed by atoms with Gasteiger partial charge in [-0.1, -0.05) is 6.07 Å². The lowest BCUT2D eigenvalue weighted by Gasteiger charge is -1.95. The molecular weight excluding hydrogens is 310 g/mol. The van der Waals surface area contributed by atoms with E-state index in [-0.39, 0.29) is 0 Å². The van der Waals surface area contributed by atoms with Crippen LogP contribution in [0.15, 0.2) is 52.7 Å². The van der Waals surface area contributed by atoms with Gasteiger partial charge in [0.05, 0.1) is 9.48 Å². The first-order valence-corrected chi connectivity index (χ1v) is 6.93. The first kappa shape index (κ1) is 11.5. The van der Waals surface area contributed by atoms with Crippen LogP contribution in [0, 0.1) is 0 Å². The summed E-state index contributed by atoms with van der Waals surface area (Å²) in [6.45, 7) is 0. The number of hydrogen-bond acceptors (Lipinski definition) is 4. The van der Waals surface area contributed by atoms with E-state index in [1.807, 2.05) is 30.3 Å². The Bertz CT molecular complexity index is 653. The van der Waals surface area contributed by atoms with Crippen LogP contribution in [0.4, 0.5) is 0 Å². The normalized spacial score (nSPS) is 10.5. The van der Waals surface area contributed by atoms with Gasteiger partial charge in [0.25, 0.3) is 0 Å². The number of hydrogen-bond donors (Lipinski definition) is 0. The molecule has 0 aliphatic rings. The van der Waals surface area contributed by atoms with Gasteiger partial charge in [0.2, 0.25) is 0 Å². The molecule has 0 aliphatic carbocycles. The molecule has 0 amide bonds. The van der Waals surface area contributed by atoms with Crippen molar-refractivity contribution in [1.82, 2.24) is 15.0 Å². The summed E-state index contributed by atoms with van der Waals surface area (Å²) < 4.78 is 0.994. The highest BCUT2D eigenvalue weighted by atomic mass is 79.9. The number of pyridine rings is 2. The Morgan fingerprint density at radius 1 is 1.00 bits per heavy atom. The minimum Gasteiger partial charge on any atom is -0.265 e. The number of thiazole rings is 1. The molecule has 0 spiro atoms. The lowest BCUT2D eigenvalue weighted by atomic mass is 10.3. The molecule has 0 saturated heterocycles. The molecule has 0 bridgehead atoms. The van der Waals surface area contributed by atoms with Gasteiger partial charge in [-0.05, 0) is 40.2 Å². The first-order valence-electron chi connectivity index (χ1n) is 5.33. The fourth-order valence-corrected chi connectivity index (χ4v) is 3.14. The average Bonchev–Trinajstić information content (AvgIpc) is 2.83. The second kappa shape index (κ2) is 4.96. The lowest BCUT2D eigenvalue weighted by Crippen LogP contribution is -1.83. The quantitative estimate of drug-likeness (QED) is 0.716. The van der Waals surface area contributed by atoms with Crippen LogP contribution in [0.5, 0.6) is 0 Å². The number of nitrogens with zero attached hydrogens (tertiary/aromatic N) is 3. The van der Waals surface area contributed by atoms with E-state index in [4.69, 9.17) is 0 Å². The number of rotatable bonds is 2. The molecule has 3 heterocycles. The zero-order chi connectivity index (χ0) is 12.4. The van der Waals surface area contributed by atoms with Gasteiger partial charge in [-0.2, -0.15) is 0 Å². The van der Waals surface area contributed by atoms with Gasteiger partial charge in [0.15, 0.2) is 0 Å². The van der Waals surface area contributed by atoms with Crippen molar-refractivity contribution in [2.24, 2.45) is 0 Å². The Kier molecular flexibility index (Phi) is 3.17. The molecule has 0 N–H and O–H groups in total. The molecule has 18 heavy (non-hydrogen) atoms. The van der Waals surface area contributed by atoms with E-state index in [0.29, 0.717) is 0 Å². The van der Waals surface area contributed by atoms with Crippen LogP contribution in [-0.2, 0) is 0 Å². The van der Waals surface area contributed by atoms with Crippen molar-refractivity contribution < 1.29 is 0 Å². The largest absolute Gasteiger partial charge is 0.265 e. The Labute approximate surface area is 117 Å². The smallest absolute Gasteiger partial charge is 0.125 e. The summed E-state index contributed by atoms with van der Waals surface area (Å²) >= 11 is 5.15. The third-order valence-corrected chi connectivity index (χ3v) is 4.17. The Hall–Kier alpha value is -1.59. The highest BCUT2D eigenvalue weighted by molar-refractivity contribution is 9.11. The second-order valence-corrected chi connectivity index (χ2v) is 5.91. The molecule has 88 valence electrons. The van der Waals surface area contributed by atoms with E-state index < -0.39 is 0 Å². The van der Waals surface area contributed by atoms with Gasteiger partial charge in [0.1, 0.15) is 10.7 Å². The number of halogens is 1. The third kappa shape index (κ3) is 2.19. The van der Waals surface area contributed by atoms with Crippen molar-refractivity contribution in [2.45, 2.75) is 0 Å². The topological polar surface area (TPSA) is 38.7 Å². The van der Waals surface area contributed by atoms with Crippen molar-refractivity contribution in [3.8, 4) is 22.0 Å². The predicted octanol–water partition coefficient (Wildman–Crippen LogP) is 4.03. The molecule has 3 aromatic heterocycles. The van der Waals surface area contributed by atoms with Gasteiger partial charge in [-0.15, -0.1) is 11.3 Å². The molecule has 0 unspecified atom stereocenters. The Morgan fingerprint density at radius 3 is 2.56 bits per heavy atom. The molecule has 0 fully saturated rings. The van der Waals surface area contributed by atoms with E-state index in [1.165, 1.54) is 0 Å². The maximum Gasteiger partial charge on any atom is 0.125 e. The zero-order valence-corrected chi connectivity index (χ0v) is 11.6. The van der Waals surface area contributed by atoms with Crippen molar-refractivity contribution >= 4 is 27.3 Å². The summed E-state index contributed by atoms with van der Waals surface area (Å²) in [6, 6.07) is 9.71. The van der Waals surface area contributed by atoms with Crippen molar-refractivity contribution in [3.05, 3.63) is 52.7 Å². The Morgan fingerprint density at radius 2 is 1.83 bits per heavy atom. The van der Waals surface area contributed by atoms with Crippen LogP contribution < -0.4 is 0 Å². The maximum atomic E-state index is 4.63. The maximum absolute atomic E-state index is 4.63. The van der Waals surface area contributed by atoms with Gasteiger partial charge in [0, 0.05) is 24.2 Å². The fourth-order valence-electron chi connectivity index (χ4n) is 1.58. The molecule has 0 aliphatic heterocycles. The molecule has 0 atom stereocenters. The van der Waals surface area contributed by atoms with Gasteiger partial charge in [-0.25, -0.2) is 4.98 Å².